The molecule has 0 saturated carbocycles. The minimum absolute atomic E-state index is 0.0603. The zero-order valence-electron chi connectivity index (χ0n) is 14.6. The number of ketones is 1. The van der Waals surface area contributed by atoms with E-state index in [1.165, 1.54) is 7.11 Å². The first kappa shape index (κ1) is 17.1. The fourth-order valence-electron chi connectivity index (χ4n) is 2.98. The van der Waals surface area contributed by atoms with Crippen LogP contribution in [0.4, 0.5) is 0 Å². The maximum atomic E-state index is 12.8. The zero-order valence-corrected chi connectivity index (χ0v) is 14.6. The molecule has 0 fully saturated rings. The number of pyridine rings is 1. The summed E-state index contributed by atoms with van der Waals surface area (Å²) in [5.74, 6) is 0.0703. The molecule has 0 N–H and O–H groups in total. The Morgan fingerprint density at radius 3 is 2.72 bits per heavy atom. The molecule has 1 unspecified atom stereocenters. The van der Waals surface area contributed by atoms with Gasteiger partial charge in [0.2, 0.25) is 0 Å². The van der Waals surface area contributed by atoms with Gasteiger partial charge in [-0.05, 0) is 36.2 Å². The van der Waals surface area contributed by atoms with Crippen LogP contribution < -0.4 is 9.47 Å². The van der Waals surface area contributed by atoms with E-state index >= 15 is 0 Å². The summed E-state index contributed by atoms with van der Waals surface area (Å²) < 4.78 is 10.7. The third kappa shape index (κ3) is 3.55. The molecule has 25 heavy (non-hydrogen) atoms. The average molecular weight is 339 g/mol. The Morgan fingerprint density at radius 1 is 1.28 bits per heavy atom. The average Bonchev–Trinajstić information content (AvgIpc) is 2.90. The summed E-state index contributed by atoms with van der Waals surface area (Å²) in [5.41, 5.74) is 2.42. The molecule has 1 atom stereocenters. The molecule has 3 rings (SSSR count). The van der Waals surface area contributed by atoms with E-state index in [1.54, 1.807) is 32.2 Å². The number of hydrogen-bond acceptors (Lipinski definition) is 5. The minimum atomic E-state index is -0.353. The normalized spacial score (nSPS) is 16.0. The van der Waals surface area contributed by atoms with Crippen molar-refractivity contribution in [2.75, 3.05) is 7.11 Å². The van der Waals surface area contributed by atoms with Gasteiger partial charge >= 0.3 is 5.97 Å². The van der Waals surface area contributed by atoms with Crippen LogP contribution in [0.5, 0.6) is 11.5 Å². The first-order chi connectivity index (χ1) is 12.0. The summed E-state index contributed by atoms with van der Waals surface area (Å²) in [4.78, 5) is 29.0. The number of hydrogen-bond donors (Lipinski definition) is 0. The van der Waals surface area contributed by atoms with Crippen LogP contribution in [-0.4, -0.2) is 23.8 Å². The Hall–Kier alpha value is -2.69. The van der Waals surface area contributed by atoms with E-state index in [-0.39, 0.29) is 23.6 Å². The molecule has 1 aromatic carbocycles. The van der Waals surface area contributed by atoms with Gasteiger partial charge in [-0.15, -0.1) is 0 Å². The maximum absolute atomic E-state index is 12.8. The van der Waals surface area contributed by atoms with E-state index in [9.17, 15) is 9.59 Å². The Bertz CT molecular complexity index is 799. The summed E-state index contributed by atoms with van der Waals surface area (Å²) in [7, 11) is 1.52. The van der Waals surface area contributed by atoms with Gasteiger partial charge in [0.15, 0.2) is 17.3 Å². The van der Waals surface area contributed by atoms with Crippen LogP contribution in [0.1, 0.15) is 35.5 Å². The lowest BCUT2D eigenvalue weighted by molar-refractivity contribution is -0.137. The summed E-state index contributed by atoms with van der Waals surface area (Å²) in [6.07, 6.45) is 2.96. The molecule has 0 radical (unpaired) electrons. The molecule has 1 aliphatic carbocycles. The highest BCUT2D eigenvalue weighted by Crippen LogP contribution is 2.38. The predicted octanol–water partition coefficient (Wildman–Crippen LogP) is 3.25. The molecule has 0 saturated heterocycles. The van der Waals surface area contributed by atoms with Gasteiger partial charge < -0.3 is 9.47 Å². The van der Waals surface area contributed by atoms with Gasteiger partial charge in [-0.1, -0.05) is 19.9 Å². The number of rotatable bonds is 5. The number of ether oxygens (including phenoxy) is 2. The highest BCUT2D eigenvalue weighted by atomic mass is 16.6. The third-order valence-corrected chi connectivity index (χ3v) is 4.36. The summed E-state index contributed by atoms with van der Waals surface area (Å²) in [6.45, 7) is 3.52. The number of esters is 1. The highest BCUT2D eigenvalue weighted by Gasteiger charge is 2.32. The van der Waals surface area contributed by atoms with Crippen molar-refractivity contribution in [3.63, 3.8) is 0 Å². The van der Waals surface area contributed by atoms with E-state index in [1.807, 2.05) is 18.2 Å². The standard InChI is InChI=1S/C20H21NO4/c1-12(2)20(23)25-18-11-16-13(10-17(18)24-3)8-14(19(16)22)9-15-6-4-5-7-21-15/h4-7,10-12,14H,8-9H2,1-3H3. The van der Waals surface area contributed by atoms with Crippen LogP contribution in [0.25, 0.3) is 0 Å². The predicted molar refractivity (Wildman–Crippen MR) is 92.9 cm³/mol. The Labute approximate surface area is 147 Å². The van der Waals surface area contributed by atoms with Gasteiger partial charge in [0.25, 0.3) is 0 Å². The summed E-state index contributed by atoms with van der Waals surface area (Å²) in [5, 5.41) is 0. The van der Waals surface area contributed by atoms with Gasteiger partial charge in [-0.3, -0.25) is 14.6 Å². The van der Waals surface area contributed by atoms with Gasteiger partial charge in [-0.2, -0.15) is 0 Å². The number of carbonyl (C=O) groups excluding carboxylic acids is 2. The highest BCUT2D eigenvalue weighted by molar-refractivity contribution is 6.03. The third-order valence-electron chi connectivity index (χ3n) is 4.36. The molecule has 5 heteroatoms. The zero-order chi connectivity index (χ0) is 18.0. The van der Waals surface area contributed by atoms with Crippen molar-refractivity contribution < 1.29 is 19.1 Å². The SMILES string of the molecule is COc1cc2c(cc1OC(=O)C(C)C)C(=O)C(Cc1ccccn1)C2. The topological polar surface area (TPSA) is 65.5 Å². The molecule has 5 nitrogen and oxygen atoms in total. The fraction of sp³-hybridized carbons (Fsp3) is 0.350. The number of benzene rings is 1. The minimum Gasteiger partial charge on any atom is -0.493 e. The maximum Gasteiger partial charge on any atom is 0.313 e. The second-order valence-electron chi connectivity index (χ2n) is 6.53. The van der Waals surface area contributed by atoms with Gasteiger partial charge in [-0.25, -0.2) is 0 Å². The van der Waals surface area contributed by atoms with Crippen molar-refractivity contribution in [3.05, 3.63) is 53.3 Å². The smallest absolute Gasteiger partial charge is 0.313 e. The molecule has 0 spiro atoms. The van der Waals surface area contributed by atoms with E-state index in [0.717, 1.165) is 11.3 Å². The van der Waals surface area contributed by atoms with E-state index in [4.69, 9.17) is 9.47 Å². The van der Waals surface area contributed by atoms with Crippen molar-refractivity contribution >= 4 is 11.8 Å². The number of aromatic nitrogens is 1. The van der Waals surface area contributed by atoms with Crippen molar-refractivity contribution in [1.82, 2.24) is 4.98 Å². The number of carbonyl (C=O) groups is 2. The second-order valence-corrected chi connectivity index (χ2v) is 6.53. The number of Topliss-reactive ketones (excluding diaryl/α,β-unsaturated/α-hetero) is 1. The van der Waals surface area contributed by atoms with Gasteiger partial charge in [0.05, 0.1) is 13.0 Å². The first-order valence-electron chi connectivity index (χ1n) is 8.36. The largest absolute Gasteiger partial charge is 0.493 e. The van der Waals surface area contributed by atoms with Gasteiger partial charge in [0.1, 0.15) is 0 Å². The molecule has 1 heterocycles. The number of methoxy groups -OCH3 is 1. The quantitative estimate of drug-likeness (QED) is 0.618. The molecular formula is C20H21NO4. The van der Waals surface area contributed by atoms with Crippen LogP contribution in [-0.2, 0) is 17.6 Å². The van der Waals surface area contributed by atoms with Crippen LogP contribution in [0.3, 0.4) is 0 Å². The van der Waals surface area contributed by atoms with E-state index in [2.05, 4.69) is 4.98 Å². The lowest BCUT2D eigenvalue weighted by Crippen LogP contribution is -2.16. The second kappa shape index (κ2) is 7.05. The monoisotopic (exact) mass is 339 g/mol. The lowest BCUT2D eigenvalue weighted by atomic mass is 9.99. The fourth-order valence-corrected chi connectivity index (χ4v) is 2.98. The Balaban J connectivity index is 1.86. The molecule has 1 aliphatic rings. The molecular weight excluding hydrogens is 318 g/mol. The molecule has 1 aromatic heterocycles. The molecule has 0 aliphatic heterocycles. The first-order valence-corrected chi connectivity index (χ1v) is 8.36. The van der Waals surface area contributed by atoms with Crippen molar-refractivity contribution in [1.29, 1.82) is 0 Å². The van der Waals surface area contributed by atoms with Crippen LogP contribution in [0.15, 0.2) is 36.5 Å². The van der Waals surface area contributed by atoms with Crippen molar-refractivity contribution in [2.45, 2.75) is 26.7 Å². The summed E-state index contributed by atoms with van der Waals surface area (Å²) in [6, 6.07) is 9.13. The number of nitrogens with zero attached hydrogens (tertiary/aromatic N) is 1. The van der Waals surface area contributed by atoms with Crippen molar-refractivity contribution in [3.8, 4) is 11.5 Å². The van der Waals surface area contributed by atoms with E-state index in [0.29, 0.717) is 29.9 Å². The van der Waals surface area contributed by atoms with Crippen molar-refractivity contribution in [2.24, 2.45) is 11.8 Å². The molecule has 2 aromatic rings. The Kier molecular flexibility index (Phi) is 4.83. The lowest BCUT2D eigenvalue weighted by Gasteiger charge is -2.12. The Morgan fingerprint density at radius 2 is 2.08 bits per heavy atom. The summed E-state index contributed by atoms with van der Waals surface area (Å²) >= 11 is 0. The van der Waals surface area contributed by atoms with Crippen LogP contribution in [0.2, 0.25) is 0 Å². The van der Waals surface area contributed by atoms with Gasteiger partial charge in [0, 0.05) is 29.8 Å². The molecule has 0 bridgehead atoms. The number of fused-ring (bicyclic) bond motifs is 1. The molecule has 0 amide bonds. The van der Waals surface area contributed by atoms with Crippen LogP contribution >= 0.6 is 0 Å². The van der Waals surface area contributed by atoms with Crippen LogP contribution in [0, 0.1) is 11.8 Å². The van der Waals surface area contributed by atoms with E-state index < -0.39 is 0 Å². The molecule has 130 valence electrons.